The fourth-order valence-electron chi connectivity index (χ4n) is 1.34. The van der Waals surface area contributed by atoms with Gasteiger partial charge in [-0.15, -0.1) is 0 Å². The van der Waals surface area contributed by atoms with Gasteiger partial charge in [0.25, 0.3) is 0 Å². The molecule has 3 N–H and O–H groups in total. The van der Waals surface area contributed by atoms with Gasteiger partial charge in [-0.1, -0.05) is 15.9 Å². The Hall–Kier alpha value is -0.100. The summed E-state index contributed by atoms with van der Waals surface area (Å²) < 4.78 is 7.10. The number of hydrogen-bond donors (Lipinski definition) is 2. The van der Waals surface area contributed by atoms with Gasteiger partial charge >= 0.3 is 0 Å². The highest BCUT2D eigenvalue weighted by Crippen LogP contribution is 2.33. The molecule has 0 saturated heterocycles. The van der Waals surface area contributed by atoms with E-state index < -0.39 is 0 Å². The smallest absolute Gasteiger partial charge is 0.136 e. The predicted molar refractivity (Wildman–Crippen MR) is 67.2 cm³/mol. The summed E-state index contributed by atoms with van der Waals surface area (Å²) >= 11 is 6.81. The second-order valence-electron chi connectivity index (χ2n) is 3.23. The number of benzene rings is 1. The van der Waals surface area contributed by atoms with E-state index in [2.05, 4.69) is 31.9 Å². The molecule has 0 aliphatic heterocycles. The van der Waals surface area contributed by atoms with Gasteiger partial charge in [0, 0.05) is 10.5 Å². The van der Waals surface area contributed by atoms with E-state index in [9.17, 15) is 0 Å². The molecule has 1 aromatic carbocycles. The maximum Gasteiger partial charge on any atom is 0.136 e. The zero-order valence-electron chi connectivity index (χ0n) is 8.34. The lowest BCUT2D eigenvalue weighted by Gasteiger charge is -2.14. The van der Waals surface area contributed by atoms with Crippen LogP contribution < -0.4 is 10.5 Å². The normalized spacial score (nSPS) is 12.6. The van der Waals surface area contributed by atoms with Crippen LogP contribution in [0.25, 0.3) is 0 Å². The first kappa shape index (κ1) is 13.0. The Labute approximate surface area is 106 Å². The molecule has 1 aromatic rings. The van der Waals surface area contributed by atoms with Gasteiger partial charge in [0.15, 0.2) is 0 Å². The first-order valence-corrected chi connectivity index (χ1v) is 6.05. The maximum atomic E-state index is 8.91. The highest BCUT2D eigenvalue weighted by molar-refractivity contribution is 9.11. The van der Waals surface area contributed by atoms with Crippen molar-refractivity contribution in [1.82, 2.24) is 0 Å². The van der Waals surface area contributed by atoms with Gasteiger partial charge in [-0.05, 0) is 40.0 Å². The molecule has 0 aliphatic carbocycles. The van der Waals surface area contributed by atoms with E-state index in [0.29, 0.717) is 6.42 Å². The average Bonchev–Trinajstić information content (AvgIpc) is 2.17. The van der Waals surface area contributed by atoms with Crippen molar-refractivity contribution >= 4 is 31.9 Å². The number of aliphatic hydroxyl groups excluding tert-OH is 1. The highest BCUT2D eigenvalue weighted by atomic mass is 79.9. The minimum Gasteiger partial charge on any atom is -0.495 e. The van der Waals surface area contributed by atoms with E-state index in [1.54, 1.807) is 7.11 Å². The monoisotopic (exact) mass is 337 g/mol. The quantitative estimate of drug-likeness (QED) is 0.883. The summed E-state index contributed by atoms with van der Waals surface area (Å²) in [6.07, 6.45) is 0.581. The number of methoxy groups -OCH3 is 1. The molecule has 0 radical (unpaired) electrons. The molecule has 0 bridgehead atoms. The molecule has 3 nitrogen and oxygen atoms in total. The first-order chi connectivity index (χ1) is 7.08. The Bertz CT molecular complexity index is 344. The van der Waals surface area contributed by atoms with Crippen molar-refractivity contribution in [2.75, 3.05) is 13.7 Å². The molecular weight excluding hydrogens is 326 g/mol. The lowest BCUT2D eigenvalue weighted by Crippen LogP contribution is -2.27. The Morgan fingerprint density at radius 2 is 2.13 bits per heavy atom. The van der Waals surface area contributed by atoms with Gasteiger partial charge in [0.1, 0.15) is 5.75 Å². The summed E-state index contributed by atoms with van der Waals surface area (Å²) in [6, 6.07) is 3.59. The molecule has 15 heavy (non-hydrogen) atoms. The Balaban J connectivity index is 3.03. The number of aliphatic hydroxyl groups is 1. The zero-order valence-corrected chi connectivity index (χ0v) is 11.5. The fourth-order valence-corrected chi connectivity index (χ4v) is 2.82. The third-order valence-corrected chi connectivity index (χ3v) is 3.05. The average molecular weight is 339 g/mol. The standard InChI is InChI=1S/C10H13Br2NO2/c1-15-10-6(3-8(13)5-14)2-7(11)4-9(10)12/h2,4,8,14H,3,5,13H2,1H3. The Morgan fingerprint density at radius 3 is 2.67 bits per heavy atom. The lowest BCUT2D eigenvalue weighted by molar-refractivity contribution is 0.264. The van der Waals surface area contributed by atoms with Crippen molar-refractivity contribution in [3.8, 4) is 5.75 Å². The van der Waals surface area contributed by atoms with Crippen molar-refractivity contribution in [3.05, 3.63) is 26.6 Å². The van der Waals surface area contributed by atoms with Crippen LogP contribution in [0.15, 0.2) is 21.1 Å². The molecule has 0 aliphatic rings. The summed E-state index contributed by atoms with van der Waals surface area (Å²) in [7, 11) is 1.61. The summed E-state index contributed by atoms with van der Waals surface area (Å²) in [5.74, 6) is 0.766. The topological polar surface area (TPSA) is 55.5 Å². The van der Waals surface area contributed by atoms with Crippen molar-refractivity contribution < 1.29 is 9.84 Å². The van der Waals surface area contributed by atoms with Gasteiger partial charge in [0.05, 0.1) is 18.2 Å². The third-order valence-electron chi connectivity index (χ3n) is 2.01. The lowest BCUT2D eigenvalue weighted by atomic mass is 10.1. The van der Waals surface area contributed by atoms with Crippen molar-refractivity contribution in [2.45, 2.75) is 12.5 Å². The van der Waals surface area contributed by atoms with Crippen LogP contribution in [-0.4, -0.2) is 24.9 Å². The van der Waals surface area contributed by atoms with Gasteiger partial charge < -0.3 is 15.6 Å². The number of nitrogens with two attached hydrogens (primary N) is 1. The van der Waals surface area contributed by atoms with Crippen LogP contribution >= 0.6 is 31.9 Å². The van der Waals surface area contributed by atoms with Crippen LogP contribution in [0.5, 0.6) is 5.75 Å². The molecule has 0 amide bonds. The zero-order chi connectivity index (χ0) is 11.4. The van der Waals surface area contributed by atoms with Gasteiger partial charge in [-0.3, -0.25) is 0 Å². The first-order valence-electron chi connectivity index (χ1n) is 4.46. The van der Waals surface area contributed by atoms with Crippen LogP contribution in [0.2, 0.25) is 0 Å². The minimum atomic E-state index is -0.264. The SMILES string of the molecule is COc1c(Br)cc(Br)cc1CC(N)CO. The summed E-state index contributed by atoms with van der Waals surface area (Å²) in [5.41, 5.74) is 6.67. The van der Waals surface area contributed by atoms with E-state index in [-0.39, 0.29) is 12.6 Å². The molecule has 1 atom stereocenters. The molecule has 0 aromatic heterocycles. The number of hydrogen-bond acceptors (Lipinski definition) is 3. The number of rotatable bonds is 4. The summed E-state index contributed by atoms with van der Waals surface area (Å²) in [5, 5.41) is 8.91. The largest absolute Gasteiger partial charge is 0.495 e. The summed E-state index contributed by atoms with van der Waals surface area (Å²) in [4.78, 5) is 0. The summed E-state index contributed by atoms with van der Waals surface area (Å²) in [6.45, 7) is -0.0344. The molecule has 0 saturated carbocycles. The van der Waals surface area contributed by atoms with Crippen molar-refractivity contribution in [2.24, 2.45) is 5.73 Å². The van der Waals surface area contributed by atoms with Crippen LogP contribution in [0.1, 0.15) is 5.56 Å². The minimum absolute atomic E-state index is 0.0344. The second-order valence-corrected chi connectivity index (χ2v) is 5.00. The van der Waals surface area contributed by atoms with Gasteiger partial charge in [0.2, 0.25) is 0 Å². The third kappa shape index (κ3) is 3.45. The number of ether oxygens (including phenoxy) is 1. The maximum absolute atomic E-state index is 8.91. The Morgan fingerprint density at radius 1 is 1.47 bits per heavy atom. The van der Waals surface area contributed by atoms with Crippen molar-refractivity contribution in [3.63, 3.8) is 0 Å². The van der Waals surface area contributed by atoms with Crippen molar-refractivity contribution in [1.29, 1.82) is 0 Å². The van der Waals surface area contributed by atoms with E-state index in [4.69, 9.17) is 15.6 Å². The molecule has 1 unspecified atom stereocenters. The van der Waals surface area contributed by atoms with Crippen LogP contribution in [0.4, 0.5) is 0 Å². The predicted octanol–water partition coefficient (Wildman–Crippen LogP) is 2.08. The molecule has 0 heterocycles. The van der Waals surface area contributed by atoms with Crippen LogP contribution in [0.3, 0.4) is 0 Å². The van der Waals surface area contributed by atoms with Gasteiger partial charge in [-0.2, -0.15) is 0 Å². The van der Waals surface area contributed by atoms with E-state index in [1.807, 2.05) is 12.1 Å². The van der Waals surface area contributed by atoms with Crippen LogP contribution in [-0.2, 0) is 6.42 Å². The molecule has 0 spiro atoms. The molecular formula is C10H13Br2NO2. The molecule has 0 fully saturated rings. The molecule has 5 heteroatoms. The molecule has 84 valence electrons. The van der Waals surface area contributed by atoms with E-state index in [0.717, 1.165) is 20.3 Å². The van der Waals surface area contributed by atoms with E-state index >= 15 is 0 Å². The van der Waals surface area contributed by atoms with Crippen LogP contribution in [0, 0.1) is 0 Å². The number of halogens is 2. The Kier molecular flexibility index (Phi) is 5.05. The fraction of sp³-hybridized carbons (Fsp3) is 0.400. The van der Waals surface area contributed by atoms with E-state index in [1.165, 1.54) is 0 Å². The molecule has 1 rings (SSSR count). The second kappa shape index (κ2) is 5.84. The van der Waals surface area contributed by atoms with Gasteiger partial charge in [-0.25, -0.2) is 0 Å². The highest BCUT2D eigenvalue weighted by Gasteiger charge is 2.12.